The number of hydrogen-bond acceptors (Lipinski definition) is 6. The van der Waals surface area contributed by atoms with E-state index in [4.69, 9.17) is 0 Å². The molecule has 0 bridgehead atoms. The smallest absolute Gasteiger partial charge is 0.0468 e. The molecule has 3 nitrogen and oxygen atoms in total. The number of anilines is 9. The number of nitrogens with zero attached hydrogens (tertiary/aromatic N) is 3. The number of benzene rings is 24. The Morgan fingerprint density at radius 3 is 0.687 bits per heavy atom. The van der Waals surface area contributed by atoms with Gasteiger partial charge in [-0.15, -0.1) is 34.0 Å². The Labute approximate surface area is 867 Å². The van der Waals surface area contributed by atoms with Gasteiger partial charge in [0.2, 0.25) is 0 Å². The van der Waals surface area contributed by atoms with Crippen LogP contribution in [0.25, 0.3) is 192 Å². The van der Waals surface area contributed by atoms with Gasteiger partial charge in [0.15, 0.2) is 0 Å². The van der Waals surface area contributed by atoms with Crippen molar-refractivity contribution in [3.05, 3.63) is 525 Å². The highest BCUT2D eigenvalue weighted by molar-refractivity contribution is 7.27. The summed E-state index contributed by atoms with van der Waals surface area (Å²) in [5.41, 5.74) is 33.8. The lowest BCUT2D eigenvalue weighted by Gasteiger charge is -2.28. The van der Waals surface area contributed by atoms with Crippen molar-refractivity contribution in [2.75, 3.05) is 14.7 Å². The quantitative estimate of drug-likeness (QED) is 0.113. The summed E-state index contributed by atoms with van der Waals surface area (Å²) in [5.74, 6) is 0. The van der Waals surface area contributed by atoms with Crippen molar-refractivity contribution in [1.82, 2.24) is 0 Å². The Hall–Kier alpha value is -17.1. The van der Waals surface area contributed by atoms with E-state index in [2.05, 4.69) is 548 Å². The predicted molar refractivity (Wildman–Crippen MR) is 636 cm³/mol. The van der Waals surface area contributed by atoms with Gasteiger partial charge in [-0.05, 0) is 276 Å². The summed E-state index contributed by atoms with van der Waals surface area (Å²) in [6, 6.07) is 182. The Morgan fingerprint density at radius 1 is 0.150 bits per heavy atom. The van der Waals surface area contributed by atoms with Gasteiger partial charge in [-0.2, -0.15) is 0 Å². The van der Waals surface area contributed by atoms with Crippen molar-refractivity contribution in [3.63, 3.8) is 0 Å². The highest BCUT2D eigenvalue weighted by Gasteiger charge is 2.40. The molecule has 0 N–H and O–H groups in total. The lowest BCUT2D eigenvalue weighted by molar-refractivity contribution is 0.660. The van der Waals surface area contributed by atoms with Gasteiger partial charge >= 0.3 is 0 Å². The van der Waals surface area contributed by atoms with Crippen LogP contribution in [0.4, 0.5) is 51.2 Å². The van der Waals surface area contributed by atoms with Crippen LogP contribution in [-0.2, 0) is 16.2 Å². The molecule has 0 amide bonds. The van der Waals surface area contributed by atoms with E-state index in [0.717, 1.165) is 39.8 Å². The van der Waals surface area contributed by atoms with E-state index < -0.39 is 0 Å². The molecule has 24 aromatic carbocycles. The molecule has 3 aliphatic rings. The Bertz CT molecular complexity index is 10000. The van der Waals surface area contributed by atoms with E-state index in [1.165, 1.54) is 237 Å². The van der Waals surface area contributed by atoms with Gasteiger partial charge in [0.25, 0.3) is 0 Å². The zero-order valence-corrected chi connectivity index (χ0v) is 84.8. The van der Waals surface area contributed by atoms with Crippen LogP contribution in [0.5, 0.6) is 0 Å². The monoisotopic (exact) mass is 1930 g/mol. The molecular formula is C141H99N3S3. The summed E-state index contributed by atoms with van der Waals surface area (Å²) in [5, 5.41) is 23.6. The van der Waals surface area contributed by atoms with Gasteiger partial charge in [-0.3, -0.25) is 0 Å². The van der Waals surface area contributed by atoms with E-state index in [-0.39, 0.29) is 16.2 Å². The van der Waals surface area contributed by atoms with E-state index >= 15 is 0 Å². The first-order chi connectivity index (χ1) is 72.1. The second kappa shape index (κ2) is 34.6. The maximum absolute atomic E-state index is 2.44. The highest BCUT2D eigenvalue weighted by Crippen LogP contribution is 2.57. The number of hydrogen-bond donors (Lipinski definition) is 0. The fourth-order valence-electron chi connectivity index (χ4n) is 24.5. The van der Waals surface area contributed by atoms with Crippen molar-refractivity contribution in [2.24, 2.45) is 0 Å². The molecule has 0 saturated heterocycles. The summed E-state index contributed by atoms with van der Waals surface area (Å²) < 4.78 is 8.12. The summed E-state index contributed by atoms with van der Waals surface area (Å²) in [6.07, 6.45) is 0. The van der Waals surface area contributed by atoms with E-state index in [0.29, 0.717) is 0 Å². The molecule has 3 aromatic heterocycles. The largest absolute Gasteiger partial charge is 0.310 e. The third-order valence-corrected chi connectivity index (χ3v) is 35.5. The van der Waals surface area contributed by atoms with Crippen LogP contribution in [0.1, 0.15) is 74.9 Å². The first kappa shape index (κ1) is 87.7. The first-order valence-electron chi connectivity index (χ1n) is 51.0. The molecule has 147 heavy (non-hydrogen) atoms. The molecule has 3 aliphatic carbocycles. The minimum absolute atomic E-state index is 0.0534. The molecule has 3 heterocycles. The minimum atomic E-state index is -0.0959. The number of thiophene rings is 3. The molecule has 0 unspecified atom stereocenters. The van der Waals surface area contributed by atoms with E-state index in [9.17, 15) is 0 Å². The molecule has 0 radical (unpaired) electrons. The second-order valence-corrected chi connectivity index (χ2v) is 44.4. The molecular weight excluding hydrogens is 1830 g/mol. The SMILES string of the molecule is CC1(C)c2ccccc2-c2ccc(N(c3ccc(-c4ccc(-c5ccccc5)cc4)cc3)c3ccc4c(ccc5ccc6c7ccccc7sc6c54)c3)cc21.CC1(C)c2ccccc2-c2ccc(N(c3ccc(-c4ccccc4)cc3)c3ccc4c(ccc5ccc6c7ccccc7sc6c54)c3)cc21.CC1(C)c2ccccc2-c2ccc(N(c3ccccc3)c3ccc4c(ccc5ccc6c7ccccc7sc6c54)c3)cc21. The van der Waals surface area contributed by atoms with Crippen molar-refractivity contribution >= 4 is 210 Å². The van der Waals surface area contributed by atoms with Gasteiger partial charge in [0.05, 0.1) is 0 Å². The Balaban J connectivity index is 0.000000107. The molecule has 696 valence electrons. The maximum atomic E-state index is 2.44. The third kappa shape index (κ3) is 14.5. The normalized spacial score (nSPS) is 13.3. The molecule has 0 aliphatic heterocycles. The van der Waals surface area contributed by atoms with Crippen molar-refractivity contribution < 1.29 is 0 Å². The lowest BCUT2D eigenvalue weighted by atomic mass is 9.82. The van der Waals surface area contributed by atoms with Crippen LogP contribution >= 0.6 is 34.0 Å². The summed E-state index contributed by atoms with van der Waals surface area (Å²) in [4.78, 5) is 7.27. The zero-order chi connectivity index (χ0) is 98.1. The van der Waals surface area contributed by atoms with Crippen LogP contribution in [-0.4, -0.2) is 0 Å². The molecule has 0 fully saturated rings. The average Bonchev–Trinajstić information content (AvgIpc) is 1.62. The topological polar surface area (TPSA) is 9.72 Å². The molecule has 6 heteroatoms. The van der Waals surface area contributed by atoms with Crippen LogP contribution in [0.3, 0.4) is 0 Å². The van der Waals surface area contributed by atoms with Gasteiger partial charge < -0.3 is 14.7 Å². The van der Waals surface area contributed by atoms with Gasteiger partial charge in [-0.25, -0.2) is 0 Å². The van der Waals surface area contributed by atoms with E-state index in [1.807, 2.05) is 34.0 Å². The van der Waals surface area contributed by atoms with Gasteiger partial charge in [-0.1, -0.05) is 406 Å². The predicted octanol–water partition coefficient (Wildman–Crippen LogP) is 41.4. The fourth-order valence-corrected chi connectivity index (χ4v) is 28.3. The van der Waals surface area contributed by atoms with Crippen molar-refractivity contribution in [2.45, 2.75) is 57.8 Å². The lowest BCUT2D eigenvalue weighted by Crippen LogP contribution is -2.16. The van der Waals surface area contributed by atoms with Crippen molar-refractivity contribution in [3.8, 4) is 66.8 Å². The van der Waals surface area contributed by atoms with E-state index in [1.54, 1.807) is 0 Å². The Morgan fingerprint density at radius 2 is 0.367 bits per heavy atom. The summed E-state index contributed by atoms with van der Waals surface area (Å²) >= 11 is 5.72. The van der Waals surface area contributed by atoms with Crippen molar-refractivity contribution in [1.29, 1.82) is 0 Å². The third-order valence-electron chi connectivity index (χ3n) is 31.9. The molecule has 30 rings (SSSR count). The van der Waals surface area contributed by atoms with Gasteiger partial charge in [0, 0.05) is 144 Å². The van der Waals surface area contributed by atoms with Gasteiger partial charge in [0.1, 0.15) is 0 Å². The number of para-hydroxylation sites is 1. The second-order valence-electron chi connectivity index (χ2n) is 41.3. The van der Waals surface area contributed by atoms with Crippen LogP contribution in [0.2, 0.25) is 0 Å². The summed E-state index contributed by atoms with van der Waals surface area (Å²) in [7, 11) is 0. The maximum Gasteiger partial charge on any atom is 0.0468 e. The first-order valence-corrected chi connectivity index (χ1v) is 53.5. The highest BCUT2D eigenvalue weighted by atomic mass is 32.1. The molecule has 0 atom stereocenters. The summed E-state index contributed by atoms with van der Waals surface area (Å²) in [6.45, 7) is 14.1. The van der Waals surface area contributed by atoms with Crippen LogP contribution in [0, 0.1) is 0 Å². The number of rotatable bonds is 12. The van der Waals surface area contributed by atoms with Crippen LogP contribution < -0.4 is 14.7 Å². The standard InChI is InChI=1S/C53H37NS.C47H33NS.C41H29NS/c1-53(2)48-14-8-6-12-44(48)45-31-28-42(33-49(45)53)54(40-25-22-37(23-26-40)36-18-16-35(17-19-36)34-10-4-3-5-11-34)41-27-30-43-39(32-41)21-20-38-24-29-47-46-13-7-9-15-50(46)55-52(47)51(38)43;1-47(2)42-14-8-6-12-38(42)39-27-24-36(29-43(39)47)48(34-21-18-31(19-22-34)30-10-4-3-5-11-30)35-23-26-37-33(28-35)17-16-32-20-25-41-40-13-7-9-15-44(40)49-46(41)45(32)37;1-41(2)36-14-8-6-12-32(36)33-23-20-30(25-37(33)41)42(28-10-4-3-5-11-28)29-19-22-31-27(24-29)17-16-26-18-21-35-34-13-7-9-15-38(34)43-40(35)39(26)31/h3-33H,1-2H3;3-29H,1-2H3;3-25H,1-2H3. The fraction of sp³-hybridized carbons (Fsp3) is 0.0638. The molecule has 0 saturated carbocycles. The number of fused-ring (bicyclic) bond motifs is 30. The van der Waals surface area contributed by atoms with Crippen LogP contribution in [0.15, 0.2) is 491 Å². The zero-order valence-electron chi connectivity index (χ0n) is 82.3. The molecule has 0 spiro atoms. The minimum Gasteiger partial charge on any atom is -0.310 e. The Kier molecular flexibility index (Phi) is 20.6. The average molecular weight is 1930 g/mol. The molecule has 27 aromatic rings.